The van der Waals surface area contributed by atoms with Crippen LogP contribution in [0.15, 0.2) is 0 Å². The second-order valence-corrected chi connectivity index (χ2v) is 0.862. The zero-order valence-corrected chi connectivity index (χ0v) is 3.13. The van der Waals surface area contributed by atoms with E-state index in [4.69, 9.17) is 6.42 Å². The van der Waals surface area contributed by atoms with Gasteiger partial charge in [-0.3, -0.25) is 0 Å². The Morgan fingerprint density at radius 2 is 2.25 bits per heavy atom. The molecule has 0 N–H and O–H groups in total. The van der Waals surface area contributed by atoms with E-state index in [1.165, 1.54) is 0 Å². The lowest BCUT2D eigenvalue weighted by molar-refractivity contribution is 3.15. The van der Waals surface area contributed by atoms with Crippen molar-refractivity contribution in [2.45, 2.75) is 0 Å². The molecule has 0 radical (unpaired) electrons. The molecule has 0 aliphatic rings. The van der Waals surface area contributed by atoms with E-state index >= 15 is 0 Å². The SMILES string of the molecule is C#CP=C. The second kappa shape index (κ2) is 2.73. The summed E-state index contributed by atoms with van der Waals surface area (Å²) in [6.07, 6.45) is 8.04. The molecule has 4 heavy (non-hydrogen) atoms. The maximum atomic E-state index is 4.70. The Labute approximate surface area is 27.6 Å². The third-order valence-corrected chi connectivity index (χ3v) is 0.274. The van der Waals surface area contributed by atoms with Crippen LogP contribution < -0.4 is 0 Å². The van der Waals surface area contributed by atoms with Crippen molar-refractivity contribution in [2.24, 2.45) is 0 Å². The molecule has 0 nitrogen and oxygen atoms in total. The van der Waals surface area contributed by atoms with E-state index in [-0.39, 0.29) is 0 Å². The fourth-order valence-corrected chi connectivity index (χ4v) is 0. The summed E-state index contributed by atoms with van der Waals surface area (Å²) in [5.74, 6) is 0. The summed E-state index contributed by atoms with van der Waals surface area (Å²) in [6.45, 7) is 0. The predicted molar refractivity (Wildman–Crippen MR) is 22.9 cm³/mol. The van der Waals surface area contributed by atoms with Crippen molar-refractivity contribution in [3.63, 3.8) is 0 Å². The van der Waals surface area contributed by atoms with Crippen molar-refractivity contribution < 1.29 is 0 Å². The van der Waals surface area contributed by atoms with E-state index in [0.29, 0.717) is 0 Å². The Morgan fingerprint density at radius 1 is 2.00 bits per heavy atom. The molecule has 0 aliphatic heterocycles. The number of hydrogen-bond donors (Lipinski definition) is 0. The van der Waals surface area contributed by atoms with Crippen LogP contribution in [0.25, 0.3) is 0 Å². The molecule has 0 atom stereocenters. The highest BCUT2D eigenvalue weighted by atomic mass is 31.1. The molecule has 0 saturated heterocycles. The zero-order chi connectivity index (χ0) is 3.41. The Bertz CT molecular complexity index is 48.8. The smallest absolute Gasteiger partial charge is 0.0233 e. The van der Waals surface area contributed by atoms with Gasteiger partial charge in [-0.1, -0.05) is 6.30 Å². The van der Waals surface area contributed by atoms with Gasteiger partial charge >= 0.3 is 0 Å². The summed E-state index contributed by atoms with van der Waals surface area (Å²) < 4.78 is 0. The van der Waals surface area contributed by atoms with Crippen LogP contribution >= 0.6 is 8.20 Å². The van der Waals surface area contributed by atoms with Crippen LogP contribution in [0.5, 0.6) is 0 Å². The Kier molecular flexibility index (Phi) is 2.55. The van der Waals surface area contributed by atoms with Crippen LogP contribution in [0.3, 0.4) is 0 Å². The molecule has 0 rings (SSSR count). The van der Waals surface area contributed by atoms with Crippen LogP contribution in [0.2, 0.25) is 0 Å². The molecule has 1 heteroatoms. The van der Waals surface area contributed by atoms with Gasteiger partial charge in [0.2, 0.25) is 0 Å². The van der Waals surface area contributed by atoms with Crippen molar-refractivity contribution in [3.8, 4) is 12.1 Å². The fraction of sp³-hybridized carbons (Fsp3) is 0. The van der Waals surface area contributed by atoms with Gasteiger partial charge in [-0.05, 0) is 13.9 Å². The minimum Gasteiger partial charge on any atom is -0.110 e. The Hall–Kier alpha value is -0.270. The van der Waals surface area contributed by atoms with Gasteiger partial charge in [-0.15, -0.1) is 6.42 Å². The van der Waals surface area contributed by atoms with Crippen molar-refractivity contribution in [2.75, 3.05) is 0 Å². The molecule has 0 bridgehead atoms. The first kappa shape index (κ1) is 3.73. The van der Waals surface area contributed by atoms with Crippen molar-refractivity contribution in [1.82, 2.24) is 0 Å². The average Bonchev–Trinajstić information content (AvgIpc) is 1.37. The first-order chi connectivity index (χ1) is 1.91. The highest BCUT2D eigenvalue weighted by molar-refractivity contribution is 7.42. The standard InChI is InChI=1S/C3H3P/c1-3-4-2/h1H,2H2. The van der Waals surface area contributed by atoms with Gasteiger partial charge in [-0.25, -0.2) is 0 Å². The first-order valence-corrected chi connectivity index (χ1v) is 1.91. The molecule has 0 aromatic heterocycles. The van der Waals surface area contributed by atoms with Crippen molar-refractivity contribution >= 4 is 14.5 Å². The van der Waals surface area contributed by atoms with Gasteiger partial charge in [0.05, 0.1) is 0 Å². The highest BCUT2D eigenvalue weighted by Crippen LogP contribution is 1.75. The first-order valence-electron chi connectivity index (χ1n) is 0.829. The molecule has 0 amide bonds. The fourth-order valence-electron chi connectivity index (χ4n) is 0. The minimum atomic E-state index is 0.776. The number of terminal acetylenes is 1. The van der Waals surface area contributed by atoms with E-state index < -0.39 is 0 Å². The van der Waals surface area contributed by atoms with Crippen LogP contribution in [0.1, 0.15) is 0 Å². The van der Waals surface area contributed by atoms with Gasteiger partial charge in [0, 0.05) is 0 Å². The van der Waals surface area contributed by atoms with E-state index in [1.54, 1.807) is 0 Å². The Morgan fingerprint density at radius 3 is 2.25 bits per heavy atom. The minimum absolute atomic E-state index is 0.776. The summed E-state index contributed by atoms with van der Waals surface area (Å²) in [5, 5.41) is 0. The lowest BCUT2D eigenvalue weighted by atomic mass is 11.4. The van der Waals surface area contributed by atoms with Crippen LogP contribution in [0, 0.1) is 12.1 Å². The number of hydrogen-bond acceptors (Lipinski definition) is 0. The molecule has 0 spiro atoms. The van der Waals surface area contributed by atoms with Gasteiger partial charge in [0.15, 0.2) is 0 Å². The summed E-state index contributed by atoms with van der Waals surface area (Å²) in [5.41, 5.74) is 2.29. The normalized spacial score (nSPS) is 5.75. The molecule has 0 aromatic rings. The lowest BCUT2D eigenvalue weighted by Gasteiger charge is -1.36. The summed E-state index contributed by atoms with van der Waals surface area (Å²) in [6, 6.07) is 0. The van der Waals surface area contributed by atoms with E-state index in [9.17, 15) is 0 Å². The topological polar surface area (TPSA) is 0 Å². The van der Waals surface area contributed by atoms with E-state index in [0.717, 1.165) is 8.20 Å². The average molecular weight is 70.0 g/mol. The van der Waals surface area contributed by atoms with Crippen LogP contribution in [0.4, 0.5) is 0 Å². The highest BCUT2D eigenvalue weighted by Gasteiger charge is 1.28. The third kappa shape index (κ3) is 1.73. The summed E-state index contributed by atoms with van der Waals surface area (Å²) in [7, 11) is 0.776. The zero-order valence-electron chi connectivity index (χ0n) is 2.23. The molecule has 0 aliphatic carbocycles. The molecule has 0 aromatic carbocycles. The van der Waals surface area contributed by atoms with Gasteiger partial charge in [0.1, 0.15) is 0 Å². The quantitative estimate of drug-likeness (QED) is 0.294. The maximum absolute atomic E-state index is 4.70. The largest absolute Gasteiger partial charge is 0.110 e. The molecule has 0 saturated carbocycles. The molecular formula is C3H3P. The molecule has 0 fully saturated rings. The van der Waals surface area contributed by atoms with E-state index in [1.807, 2.05) is 0 Å². The third-order valence-electron chi connectivity index (χ3n) is 0.0913. The van der Waals surface area contributed by atoms with Crippen molar-refractivity contribution in [1.29, 1.82) is 0 Å². The molecule has 20 valence electrons. The van der Waals surface area contributed by atoms with Crippen LogP contribution in [-0.4, -0.2) is 6.30 Å². The maximum Gasteiger partial charge on any atom is -0.0233 e. The molecular weight excluding hydrogens is 67.0 g/mol. The predicted octanol–water partition coefficient (Wildman–Crippen LogP) is 0.955. The second-order valence-electron chi connectivity index (χ2n) is 0.287. The lowest BCUT2D eigenvalue weighted by Crippen LogP contribution is -1.07. The number of rotatable bonds is 0. The van der Waals surface area contributed by atoms with E-state index in [2.05, 4.69) is 12.0 Å². The monoisotopic (exact) mass is 70.0 g/mol. The van der Waals surface area contributed by atoms with Crippen molar-refractivity contribution in [3.05, 3.63) is 0 Å². The summed E-state index contributed by atoms with van der Waals surface area (Å²) in [4.78, 5) is 0. The Balaban J connectivity index is 2.92. The van der Waals surface area contributed by atoms with Gasteiger partial charge in [0.25, 0.3) is 0 Å². The van der Waals surface area contributed by atoms with Gasteiger partial charge in [-0.2, -0.15) is 0 Å². The molecule has 0 unspecified atom stereocenters. The molecule has 0 heterocycles. The van der Waals surface area contributed by atoms with Crippen LogP contribution in [-0.2, 0) is 0 Å². The summed E-state index contributed by atoms with van der Waals surface area (Å²) >= 11 is 0. The van der Waals surface area contributed by atoms with Gasteiger partial charge < -0.3 is 0 Å².